The summed E-state index contributed by atoms with van der Waals surface area (Å²) < 4.78 is 0. The molecule has 0 unspecified atom stereocenters. The van der Waals surface area contributed by atoms with E-state index in [2.05, 4.69) is 46.5 Å². The van der Waals surface area contributed by atoms with E-state index in [1.54, 1.807) is 12.1 Å². The van der Waals surface area contributed by atoms with Gasteiger partial charge in [-0.2, -0.15) is 0 Å². The second-order valence-electron chi connectivity index (χ2n) is 7.28. The van der Waals surface area contributed by atoms with Gasteiger partial charge in [0.2, 0.25) is 0 Å². The Balaban J connectivity index is 1.49. The van der Waals surface area contributed by atoms with Gasteiger partial charge in [0.05, 0.1) is 0 Å². The highest BCUT2D eigenvalue weighted by Crippen LogP contribution is 2.18. The van der Waals surface area contributed by atoms with Crippen molar-refractivity contribution < 1.29 is 5.11 Å². The molecule has 0 radical (unpaired) electrons. The van der Waals surface area contributed by atoms with Crippen molar-refractivity contribution in [1.29, 1.82) is 0 Å². The number of guanidine groups is 1. The molecule has 6 nitrogen and oxygen atoms in total. The zero-order valence-electron chi connectivity index (χ0n) is 16.9. The summed E-state index contributed by atoms with van der Waals surface area (Å²) in [4.78, 5) is 11.6. The number of benzene rings is 1. The van der Waals surface area contributed by atoms with Crippen molar-refractivity contribution in [2.24, 2.45) is 4.99 Å². The van der Waals surface area contributed by atoms with Crippen LogP contribution in [0.5, 0.6) is 5.75 Å². The quantitative estimate of drug-likeness (QED) is 0.530. The highest BCUT2D eigenvalue weighted by Gasteiger charge is 2.20. The minimum absolute atomic E-state index is 0.307. The van der Waals surface area contributed by atoms with Gasteiger partial charge < -0.3 is 20.6 Å². The van der Waals surface area contributed by atoms with Crippen LogP contribution in [0.3, 0.4) is 0 Å². The van der Waals surface area contributed by atoms with Crippen LogP contribution in [-0.2, 0) is 6.42 Å². The Labute approximate surface area is 167 Å². The van der Waals surface area contributed by atoms with Crippen molar-refractivity contribution in [3.63, 3.8) is 0 Å². The first-order chi connectivity index (χ1) is 13.6. The van der Waals surface area contributed by atoms with Crippen molar-refractivity contribution in [2.45, 2.75) is 39.2 Å². The number of anilines is 1. The normalized spacial score (nSPS) is 15.5. The summed E-state index contributed by atoms with van der Waals surface area (Å²) in [5.41, 5.74) is 2.29. The van der Waals surface area contributed by atoms with Gasteiger partial charge in [0.1, 0.15) is 11.6 Å². The minimum atomic E-state index is 0.307. The number of pyridine rings is 1. The topological polar surface area (TPSA) is 72.8 Å². The maximum atomic E-state index is 9.57. The van der Waals surface area contributed by atoms with E-state index in [9.17, 15) is 5.11 Å². The van der Waals surface area contributed by atoms with Gasteiger partial charge in [-0.05, 0) is 62.4 Å². The van der Waals surface area contributed by atoms with Gasteiger partial charge in [0.25, 0.3) is 0 Å². The third-order valence-corrected chi connectivity index (χ3v) is 4.98. The van der Waals surface area contributed by atoms with Gasteiger partial charge in [0, 0.05) is 38.4 Å². The van der Waals surface area contributed by atoms with Crippen LogP contribution in [0.4, 0.5) is 5.82 Å². The van der Waals surface area contributed by atoms with Crippen molar-refractivity contribution >= 4 is 11.8 Å². The number of nitrogens with one attached hydrogen (secondary N) is 2. The summed E-state index contributed by atoms with van der Waals surface area (Å²) in [5, 5.41) is 16.5. The predicted molar refractivity (Wildman–Crippen MR) is 115 cm³/mol. The Bertz CT molecular complexity index is 767. The molecule has 1 saturated heterocycles. The maximum Gasteiger partial charge on any atom is 0.191 e. The highest BCUT2D eigenvalue weighted by atomic mass is 16.3. The molecule has 1 aromatic heterocycles. The van der Waals surface area contributed by atoms with Crippen molar-refractivity contribution in [1.82, 2.24) is 15.6 Å². The second-order valence-corrected chi connectivity index (χ2v) is 7.28. The SMILES string of the molecule is CCNC(=NCCc1cccc(O)c1)NC1CCN(c2ccc(C)cn2)CC1. The lowest BCUT2D eigenvalue weighted by molar-refractivity contribution is 0.459. The van der Waals surface area contributed by atoms with Gasteiger partial charge in [0.15, 0.2) is 5.96 Å². The van der Waals surface area contributed by atoms with Crippen LogP contribution >= 0.6 is 0 Å². The van der Waals surface area contributed by atoms with Gasteiger partial charge >= 0.3 is 0 Å². The number of nitrogens with zero attached hydrogens (tertiary/aromatic N) is 3. The lowest BCUT2D eigenvalue weighted by Gasteiger charge is -2.33. The molecule has 0 bridgehead atoms. The summed E-state index contributed by atoms with van der Waals surface area (Å²) in [7, 11) is 0. The van der Waals surface area contributed by atoms with E-state index in [4.69, 9.17) is 4.99 Å². The molecule has 0 amide bonds. The molecule has 28 heavy (non-hydrogen) atoms. The molecular formula is C22H31N5O. The fourth-order valence-electron chi connectivity index (χ4n) is 3.42. The predicted octanol–water partition coefficient (Wildman–Crippen LogP) is 2.86. The van der Waals surface area contributed by atoms with Crippen LogP contribution in [0.15, 0.2) is 47.6 Å². The monoisotopic (exact) mass is 381 g/mol. The van der Waals surface area contributed by atoms with Gasteiger partial charge in [-0.1, -0.05) is 18.2 Å². The molecular weight excluding hydrogens is 350 g/mol. The summed E-state index contributed by atoms with van der Waals surface area (Å²) in [6, 6.07) is 12.0. The molecule has 2 heterocycles. The number of hydrogen-bond donors (Lipinski definition) is 3. The van der Waals surface area contributed by atoms with Crippen LogP contribution in [0.2, 0.25) is 0 Å². The minimum Gasteiger partial charge on any atom is -0.508 e. The number of hydrogen-bond acceptors (Lipinski definition) is 4. The third kappa shape index (κ3) is 5.87. The molecule has 0 atom stereocenters. The van der Waals surface area contributed by atoms with E-state index < -0.39 is 0 Å². The smallest absolute Gasteiger partial charge is 0.191 e. The lowest BCUT2D eigenvalue weighted by Crippen LogP contribution is -2.49. The number of aromatic hydroxyl groups is 1. The number of piperidine rings is 1. The molecule has 1 fully saturated rings. The summed E-state index contributed by atoms with van der Waals surface area (Å²) in [6.45, 7) is 7.66. The van der Waals surface area contributed by atoms with Crippen LogP contribution in [0.1, 0.15) is 30.9 Å². The zero-order valence-corrected chi connectivity index (χ0v) is 16.9. The van der Waals surface area contributed by atoms with E-state index in [1.807, 2.05) is 18.3 Å². The Morgan fingerprint density at radius 3 is 2.75 bits per heavy atom. The largest absolute Gasteiger partial charge is 0.508 e. The third-order valence-electron chi connectivity index (χ3n) is 4.98. The van der Waals surface area contributed by atoms with Gasteiger partial charge in [-0.3, -0.25) is 4.99 Å². The lowest BCUT2D eigenvalue weighted by atomic mass is 10.1. The molecule has 1 aliphatic heterocycles. The van der Waals surface area contributed by atoms with Crippen molar-refractivity contribution in [2.75, 3.05) is 31.1 Å². The van der Waals surface area contributed by atoms with Crippen molar-refractivity contribution in [3.8, 4) is 5.75 Å². The van der Waals surface area contributed by atoms with Crippen LogP contribution in [-0.4, -0.2) is 48.3 Å². The van der Waals surface area contributed by atoms with Crippen LogP contribution in [0.25, 0.3) is 0 Å². The Morgan fingerprint density at radius 2 is 2.07 bits per heavy atom. The summed E-state index contributed by atoms with van der Waals surface area (Å²) in [6.07, 6.45) is 4.86. The highest BCUT2D eigenvalue weighted by molar-refractivity contribution is 5.80. The average molecular weight is 382 g/mol. The molecule has 1 aliphatic rings. The fraction of sp³-hybridized carbons (Fsp3) is 0.455. The van der Waals surface area contributed by atoms with E-state index in [0.29, 0.717) is 18.3 Å². The van der Waals surface area contributed by atoms with E-state index in [0.717, 1.165) is 56.2 Å². The summed E-state index contributed by atoms with van der Waals surface area (Å²) >= 11 is 0. The van der Waals surface area contributed by atoms with E-state index in [1.165, 1.54) is 5.56 Å². The average Bonchev–Trinajstić information content (AvgIpc) is 2.69. The number of aryl methyl sites for hydroxylation is 1. The molecule has 2 aromatic rings. The fourth-order valence-corrected chi connectivity index (χ4v) is 3.42. The zero-order chi connectivity index (χ0) is 19.8. The maximum absolute atomic E-state index is 9.57. The molecule has 1 aromatic carbocycles. The number of phenols is 1. The van der Waals surface area contributed by atoms with Crippen LogP contribution < -0.4 is 15.5 Å². The van der Waals surface area contributed by atoms with E-state index in [-0.39, 0.29) is 0 Å². The van der Waals surface area contributed by atoms with Gasteiger partial charge in [-0.25, -0.2) is 4.98 Å². The molecule has 6 heteroatoms. The van der Waals surface area contributed by atoms with Crippen molar-refractivity contribution in [3.05, 3.63) is 53.7 Å². The first-order valence-corrected chi connectivity index (χ1v) is 10.1. The Morgan fingerprint density at radius 1 is 1.25 bits per heavy atom. The number of aromatic nitrogens is 1. The van der Waals surface area contributed by atoms with Crippen LogP contribution in [0, 0.1) is 6.92 Å². The molecule has 0 spiro atoms. The number of phenolic OH excluding ortho intramolecular Hbond substituents is 1. The molecule has 0 aliphatic carbocycles. The molecule has 150 valence electrons. The number of aliphatic imine (C=N–C) groups is 1. The van der Waals surface area contributed by atoms with Gasteiger partial charge in [-0.15, -0.1) is 0 Å². The van der Waals surface area contributed by atoms with E-state index >= 15 is 0 Å². The molecule has 3 N–H and O–H groups in total. The summed E-state index contributed by atoms with van der Waals surface area (Å²) in [5.74, 6) is 2.24. The Kier molecular flexibility index (Phi) is 7.12. The Hall–Kier alpha value is -2.76. The second kappa shape index (κ2) is 9.97. The standard InChI is InChI=1S/C22H31N5O/c1-3-23-22(24-12-9-18-5-4-6-20(28)15-18)26-19-10-13-27(14-11-19)21-8-7-17(2)16-25-21/h4-8,15-16,19,28H,3,9-14H2,1-2H3,(H2,23,24,26). The first-order valence-electron chi connectivity index (χ1n) is 10.1. The number of rotatable bonds is 6. The molecule has 3 rings (SSSR count). The molecule has 0 saturated carbocycles. The first kappa shape index (κ1) is 20.0.